The van der Waals surface area contributed by atoms with Gasteiger partial charge in [0.15, 0.2) is 11.5 Å². The topological polar surface area (TPSA) is 88.2 Å². The average Bonchev–Trinajstić information content (AvgIpc) is 3.08. The van der Waals surface area contributed by atoms with Crippen molar-refractivity contribution in [3.8, 4) is 11.5 Å². The maximum absolute atomic E-state index is 13.6. The zero-order valence-electron chi connectivity index (χ0n) is 18.7. The first kappa shape index (κ1) is 21.7. The number of rotatable bonds is 7. The molecule has 2 aliphatic rings. The van der Waals surface area contributed by atoms with E-state index in [0.29, 0.717) is 46.3 Å². The molecule has 2 aliphatic heterocycles. The van der Waals surface area contributed by atoms with Crippen LogP contribution in [-0.2, 0) is 4.79 Å². The number of fused-ring (bicyclic) bond motifs is 5. The van der Waals surface area contributed by atoms with Crippen LogP contribution in [0, 0.1) is 5.92 Å². The van der Waals surface area contributed by atoms with E-state index in [1.165, 1.54) is 19.1 Å². The maximum atomic E-state index is 13.6. The fourth-order valence-corrected chi connectivity index (χ4v) is 4.30. The molecule has 8 heteroatoms. The number of ether oxygens (including phenoxy) is 2. The van der Waals surface area contributed by atoms with Gasteiger partial charge < -0.3 is 19.7 Å². The number of hydrogen-bond acceptors (Lipinski definition) is 5. The minimum Gasteiger partial charge on any atom is -0.493 e. The van der Waals surface area contributed by atoms with E-state index < -0.39 is 6.17 Å². The second kappa shape index (κ2) is 8.53. The molecule has 2 aromatic rings. The number of methoxy groups -OCH3 is 2. The minimum absolute atomic E-state index is 0.159. The van der Waals surface area contributed by atoms with Crippen molar-refractivity contribution in [3.05, 3.63) is 53.1 Å². The van der Waals surface area contributed by atoms with Gasteiger partial charge in [-0.3, -0.25) is 19.3 Å². The van der Waals surface area contributed by atoms with E-state index in [4.69, 9.17) is 9.47 Å². The molecule has 168 valence electrons. The summed E-state index contributed by atoms with van der Waals surface area (Å²) in [5.41, 5.74) is 1.84. The molecule has 2 heterocycles. The van der Waals surface area contributed by atoms with Gasteiger partial charge >= 0.3 is 0 Å². The molecule has 0 fully saturated rings. The molecule has 1 N–H and O–H groups in total. The van der Waals surface area contributed by atoms with Crippen LogP contribution in [0.3, 0.4) is 0 Å². The second-order valence-electron chi connectivity index (χ2n) is 8.30. The Kier molecular flexibility index (Phi) is 5.78. The van der Waals surface area contributed by atoms with E-state index in [1.54, 1.807) is 41.3 Å². The van der Waals surface area contributed by atoms with Crippen LogP contribution >= 0.6 is 0 Å². The van der Waals surface area contributed by atoms with Gasteiger partial charge in [-0.2, -0.15) is 0 Å². The molecule has 0 spiro atoms. The lowest BCUT2D eigenvalue weighted by molar-refractivity contribution is -0.122. The van der Waals surface area contributed by atoms with E-state index in [0.717, 1.165) is 6.42 Å². The van der Waals surface area contributed by atoms with E-state index in [-0.39, 0.29) is 24.3 Å². The highest BCUT2D eigenvalue weighted by Crippen LogP contribution is 2.49. The largest absolute Gasteiger partial charge is 0.493 e. The van der Waals surface area contributed by atoms with E-state index in [2.05, 4.69) is 19.2 Å². The molecular formula is C24H27N3O5. The molecule has 2 aromatic carbocycles. The summed E-state index contributed by atoms with van der Waals surface area (Å²) in [5.74, 6) is 0.339. The highest BCUT2D eigenvalue weighted by atomic mass is 16.5. The van der Waals surface area contributed by atoms with Crippen LogP contribution in [0.4, 0.5) is 5.69 Å². The van der Waals surface area contributed by atoms with E-state index >= 15 is 0 Å². The zero-order valence-corrected chi connectivity index (χ0v) is 18.7. The SMILES string of the molecule is COc1ccc2c(c1OC)C(=O)N1c3ccccc3C(=O)N(CC(=O)NCCC(C)C)[C@@H]21. The van der Waals surface area contributed by atoms with Crippen molar-refractivity contribution in [2.24, 2.45) is 5.92 Å². The van der Waals surface area contributed by atoms with Crippen LogP contribution in [0.1, 0.15) is 52.7 Å². The zero-order chi connectivity index (χ0) is 23.0. The van der Waals surface area contributed by atoms with E-state index in [1.807, 2.05) is 0 Å². The van der Waals surface area contributed by atoms with Gasteiger partial charge in [0.25, 0.3) is 11.8 Å². The smallest absolute Gasteiger partial charge is 0.264 e. The van der Waals surface area contributed by atoms with Crippen LogP contribution in [0.5, 0.6) is 11.5 Å². The molecule has 0 aliphatic carbocycles. The van der Waals surface area contributed by atoms with Crippen LogP contribution in [-0.4, -0.2) is 49.9 Å². The van der Waals surface area contributed by atoms with Crippen molar-refractivity contribution in [1.29, 1.82) is 0 Å². The van der Waals surface area contributed by atoms with E-state index in [9.17, 15) is 14.4 Å². The molecule has 8 nitrogen and oxygen atoms in total. The van der Waals surface area contributed by atoms with Crippen LogP contribution in [0.15, 0.2) is 36.4 Å². The lowest BCUT2D eigenvalue weighted by Crippen LogP contribution is -2.51. The number of hydrogen-bond donors (Lipinski definition) is 1. The summed E-state index contributed by atoms with van der Waals surface area (Å²) in [6.07, 6.45) is 0.103. The molecule has 0 bridgehead atoms. The highest BCUT2D eigenvalue weighted by molar-refractivity contribution is 6.18. The quantitative estimate of drug-likeness (QED) is 0.720. The third-order valence-electron chi connectivity index (χ3n) is 5.84. The Morgan fingerprint density at radius 3 is 2.50 bits per heavy atom. The first-order valence-corrected chi connectivity index (χ1v) is 10.6. The summed E-state index contributed by atoms with van der Waals surface area (Å²) in [5, 5.41) is 2.88. The lowest BCUT2D eigenvalue weighted by atomic mass is 10.0. The summed E-state index contributed by atoms with van der Waals surface area (Å²) in [6.45, 7) is 4.53. The molecule has 32 heavy (non-hydrogen) atoms. The third kappa shape index (κ3) is 3.45. The summed E-state index contributed by atoms with van der Waals surface area (Å²) in [6, 6.07) is 10.4. The van der Waals surface area contributed by atoms with Crippen molar-refractivity contribution in [1.82, 2.24) is 10.2 Å². The number of carbonyl (C=O) groups excluding carboxylic acids is 3. The standard InChI is InChI=1S/C24H27N3O5/c1-14(2)11-12-25-19(28)13-26-22-16-9-10-18(31-3)21(32-4)20(16)24(30)27(22)17-8-6-5-7-15(17)23(26)29/h5-10,14,22H,11-13H2,1-4H3,(H,25,28)/t22-/m1/s1. The van der Waals surface area contributed by atoms with Gasteiger partial charge in [-0.25, -0.2) is 0 Å². The molecule has 0 unspecified atom stereocenters. The summed E-state index contributed by atoms with van der Waals surface area (Å²) < 4.78 is 10.9. The summed E-state index contributed by atoms with van der Waals surface area (Å²) in [4.78, 5) is 42.7. The normalized spacial score (nSPS) is 16.6. The fraction of sp³-hybridized carbons (Fsp3) is 0.375. The Balaban J connectivity index is 1.77. The first-order chi connectivity index (χ1) is 15.4. The van der Waals surface area contributed by atoms with Crippen molar-refractivity contribution >= 4 is 23.4 Å². The molecule has 0 saturated carbocycles. The number of nitrogens with zero attached hydrogens (tertiary/aromatic N) is 2. The molecule has 0 aromatic heterocycles. The highest BCUT2D eigenvalue weighted by Gasteiger charge is 2.50. The molecule has 4 rings (SSSR count). The molecular weight excluding hydrogens is 410 g/mol. The molecule has 3 amide bonds. The summed E-state index contributed by atoms with van der Waals surface area (Å²) >= 11 is 0. The monoisotopic (exact) mass is 437 g/mol. The Morgan fingerprint density at radius 1 is 1.06 bits per heavy atom. The first-order valence-electron chi connectivity index (χ1n) is 10.6. The Bertz CT molecular complexity index is 1080. The van der Waals surface area contributed by atoms with Gasteiger partial charge in [0.2, 0.25) is 5.91 Å². The predicted octanol–water partition coefficient (Wildman–Crippen LogP) is 2.98. The Labute approximate surface area is 187 Å². The number of anilines is 1. The van der Waals surface area contributed by atoms with Gasteiger partial charge in [-0.05, 0) is 30.5 Å². The number of carbonyl (C=O) groups is 3. The average molecular weight is 437 g/mol. The lowest BCUT2D eigenvalue weighted by Gasteiger charge is -2.40. The maximum Gasteiger partial charge on any atom is 0.264 e. The van der Waals surface area contributed by atoms with Gasteiger partial charge in [-0.1, -0.05) is 32.0 Å². The fourth-order valence-electron chi connectivity index (χ4n) is 4.30. The third-order valence-corrected chi connectivity index (χ3v) is 5.84. The van der Waals surface area contributed by atoms with Gasteiger partial charge in [0, 0.05) is 12.1 Å². The predicted molar refractivity (Wildman–Crippen MR) is 119 cm³/mol. The summed E-state index contributed by atoms with van der Waals surface area (Å²) in [7, 11) is 2.98. The number of para-hydroxylation sites is 1. The Morgan fingerprint density at radius 2 is 1.81 bits per heavy atom. The second-order valence-corrected chi connectivity index (χ2v) is 8.30. The molecule has 1 atom stereocenters. The van der Waals surface area contributed by atoms with Crippen molar-refractivity contribution in [2.75, 3.05) is 32.2 Å². The van der Waals surface area contributed by atoms with Crippen molar-refractivity contribution < 1.29 is 23.9 Å². The Hall–Kier alpha value is -3.55. The number of nitrogens with one attached hydrogen (secondary N) is 1. The van der Waals surface area contributed by atoms with Gasteiger partial charge in [0.1, 0.15) is 12.7 Å². The number of benzene rings is 2. The minimum atomic E-state index is -0.740. The van der Waals surface area contributed by atoms with Crippen LogP contribution in [0.2, 0.25) is 0 Å². The van der Waals surface area contributed by atoms with Gasteiger partial charge in [-0.15, -0.1) is 0 Å². The molecule has 0 saturated heterocycles. The van der Waals surface area contributed by atoms with Crippen LogP contribution < -0.4 is 19.7 Å². The van der Waals surface area contributed by atoms with Gasteiger partial charge in [0.05, 0.1) is 31.0 Å². The van der Waals surface area contributed by atoms with Crippen molar-refractivity contribution in [3.63, 3.8) is 0 Å². The molecule has 0 radical (unpaired) electrons. The van der Waals surface area contributed by atoms with Crippen molar-refractivity contribution in [2.45, 2.75) is 26.4 Å². The number of amides is 3. The van der Waals surface area contributed by atoms with Crippen LogP contribution in [0.25, 0.3) is 0 Å².